The lowest BCUT2D eigenvalue weighted by Crippen LogP contribution is -2.48. The lowest BCUT2D eigenvalue weighted by Gasteiger charge is -2.37. The lowest BCUT2D eigenvalue weighted by atomic mass is 9.64. The van der Waals surface area contributed by atoms with Crippen molar-refractivity contribution in [3.05, 3.63) is 140 Å². The summed E-state index contributed by atoms with van der Waals surface area (Å²) >= 11 is 13.1. The summed E-state index contributed by atoms with van der Waals surface area (Å²) in [5.41, 5.74) is 1.93. The first kappa shape index (κ1) is 25.9. The van der Waals surface area contributed by atoms with Gasteiger partial charge in [0.15, 0.2) is 17.3 Å². The molecule has 0 aromatic heterocycles. The second-order valence-corrected chi connectivity index (χ2v) is 11.6. The summed E-state index contributed by atoms with van der Waals surface area (Å²) in [6, 6.07) is 21.3. The van der Waals surface area contributed by atoms with Gasteiger partial charge >= 0.3 is 0 Å². The Labute approximate surface area is 246 Å². The summed E-state index contributed by atoms with van der Waals surface area (Å²) in [6.07, 6.45) is 3.48. The normalized spacial score (nSPS) is 21.7. The van der Waals surface area contributed by atoms with Crippen LogP contribution in [0.2, 0.25) is 10.0 Å². The number of aryl methyl sites for hydroxylation is 1. The fourth-order valence-corrected chi connectivity index (χ4v) is 7.46. The van der Waals surface area contributed by atoms with E-state index in [4.69, 9.17) is 23.2 Å². The zero-order valence-corrected chi connectivity index (χ0v) is 23.3. The van der Waals surface area contributed by atoms with E-state index in [1.54, 1.807) is 72.8 Å². The van der Waals surface area contributed by atoms with E-state index < -0.39 is 29.2 Å². The number of carbonyl (C=O) groups is 3. The molecule has 0 N–H and O–H groups in total. The highest BCUT2D eigenvalue weighted by Crippen LogP contribution is 2.61. The van der Waals surface area contributed by atoms with Gasteiger partial charge in [0.05, 0.1) is 6.04 Å². The average Bonchev–Trinajstić information content (AvgIpc) is 3.39. The van der Waals surface area contributed by atoms with Crippen molar-refractivity contribution in [1.29, 1.82) is 0 Å². The first-order valence-corrected chi connectivity index (χ1v) is 14.0. The van der Waals surface area contributed by atoms with Gasteiger partial charge in [-0.1, -0.05) is 95.5 Å². The molecule has 7 rings (SSSR count). The van der Waals surface area contributed by atoms with Gasteiger partial charge in [-0.25, -0.2) is 4.39 Å². The summed E-state index contributed by atoms with van der Waals surface area (Å²) in [5, 5.41) is 0.640. The van der Waals surface area contributed by atoms with Crippen LogP contribution in [-0.2, 0) is 0 Å². The smallest absolute Gasteiger partial charge is 0.185 e. The number of anilines is 1. The van der Waals surface area contributed by atoms with E-state index in [1.807, 2.05) is 24.0 Å². The largest absolute Gasteiger partial charge is 0.352 e. The molecule has 4 nitrogen and oxygen atoms in total. The van der Waals surface area contributed by atoms with Crippen molar-refractivity contribution in [3.63, 3.8) is 0 Å². The molecule has 1 fully saturated rings. The number of halogens is 3. The Morgan fingerprint density at radius 3 is 2.22 bits per heavy atom. The minimum absolute atomic E-state index is 0.253. The zero-order valence-electron chi connectivity index (χ0n) is 21.8. The van der Waals surface area contributed by atoms with E-state index >= 15 is 0 Å². The number of Topliss-reactive ketones (excluding diaryl/α,β-unsaturated/α-hetero) is 3. The number of fused-ring (bicyclic) bond motifs is 5. The minimum atomic E-state index is -1.70. The minimum Gasteiger partial charge on any atom is -0.352 e. The van der Waals surface area contributed by atoms with Crippen LogP contribution in [0.4, 0.5) is 10.1 Å². The first-order valence-electron chi connectivity index (χ1n) is 13.2. The van der Waals surface area contributed by atoms with Gasteiger partial charge in [0.25, 0.3) is 0 Å². The van der Waals surface area contributed by atoms with Gasteiger partial charge in [-0.05, 0) is 42.8 Å². The zero-order chi connectivity index (χ0) is 28.6. The van der Waals surface area contributed by atoms with Gasteiger partial charge in [-0.3, -0.25) is 14.4 Å². The Hall–Kier alpha value is -4.06. The number of rotatable bonds is 3. The molecule has 0 bridgehead atoms. The second-order valence-electron chi connectivity index (χ2n) is 10.8. The van der Waals surface area contributed by atoms with E-state index in [9.17, 15) is 18.8 Å². The van der Waals surface area contributed by atoms with Crippen molar-refractivity contribution in [3.8, 4) is 0 Å². The summed E-state index contributed by atoms with van der Waals surface area (Å²) in [5.74, 6) is -2.40. The molecule has 0 saturated carbocycles. The van der Waals surface area contributed by atoms with Crippen LogP contribution in [0.25, 0.3) is 6.08 Å². The Morgan fingerprint density at radius 2 is 1.56 bits per heavy atom. The SMILES string of the molecule is Cc1ccc(C(=O)[C@@H]2[C@H](c3ccc(Cl)cc3Cl)C3(C(=O)c4ccccc4C3=O)[C@@H]3C=Cc4cc(F)ccc4N23)cc1. The van der Waals surface area contributed by atoms with Gasteiger partial charge in [-0.2, -0.15) is 0 Å². The molecular formula is C34H22Cl2FNO3. The Bertz CT molecular complexity index is 1800. The summed E-state index contributed by atoms with van der Waals surface area (Å²) in [4.78, 5) is 45.8. The third kappa shape index (κ3) is 3.55. The van der Waals surface area contributed by atoms with Crippen LogP contribution in [0, 0.1) is 18.2 Å². The van der Waals surface area contributed by atoms with E-state index in [0.717, 1.165) is 5.56 Å². The van der Waals surface area contributed by atoms with Crippen LogP contribution >= 0.6 is 23.2 Å². The molecule has 41 heavy (non-hydrogen) atoms. The molecule has 3 aliphatic rings. The number of nitrogens with zero attached hydrogens (tertiary/aromatic N) is 1. The van der Waals surface area contributed by atoms with Crippen molar-refractivity contribution in [2.24, 2.45) is 5.41 Å². The topological polar surface area (TPSA) is 54.5 Å². The second kappa shape index (κ2) is 9.23. The Morgan fingerprint density at radius 1 is 0.878 bits per heavy atom. The van der Waals surface area contributed by atoms with E-state index in [1.165, 1.54) is 12.1 Å². The molecule has 1 saturated heterocycles. The molecule has 7 heteroatoms. The standard InChI is InChI=1S/C34H22Cl2FNO3/c1-18-6-8-19(9-7-18)31(39)30-29(25-13-11-21(35)17-26(25)36)34(32(40)23-4-2-3-5-24(23)33(34)41)28-15-10-20-16-22(37)12-14-27(20)38(28)30/h2-17,28-30H,1H3/t28-,29-,30-/m0/s1. The van der Waals surface area contributed by atoms with Crippen molar-refractivity contribution in [2.45, 2.75) is 24.9 Å². The Kier molecular flexibility index (Phi) is 5.83. The molecule has 2 heterocycles. The van der Waals surface area contributed by atoms with Gasteiger partial charge in [0.2, 0.25) is 0 Å². The van der Waals surface area contributed by atoms with Gasteiger partial charge < -0.3 is 4.90 Å². The monoisotopic (exact) mass is 581 g/mol. The first-order chi connectivity index (χ1) is 19.7. The van der Waals surface area contributed by atoms with Crippen LogP contribution in [0.5, 0.6) is 0 Å². The molecule has 4 aromatic rings. The number of hydrogen-bond donors (Lipinski definition) is 0. The fraction of sp³-hybridized carbons (Fsp3) is 0.147. The average molecular weight is 582 g/mol. The van der Waals surface area contributed by atoms with Gasteiger partial charge in [-0.15, -0.1) is 0 Å². The predicted octanol–water partition coefficient (Wildman–Crippen LogP) is 7.76. The van der Waals surface area contributed by atoms with Crippen LogP contribution in [0.3, 0.4) is 0 Å². The highest BCUT2D eigenvalue weighted by atomic mass is 35.5. The van der Waals surface area contributed by atoms with Crippen LogP contribution in [-0.4, -0.2) is 29.4 Å². The van der Waals surface area contributed by atoms with Crippen molar-refractivity contribution >= 4 is 52.3 Å². The molecule has 4 aromatic carbocycles. The van der Waals surface area contributed by atoms with E-state index in [2.05, 4.69) is 0 Å². The molecule has 2 aliphatic heterocycles. The summed E-state index contributed by atoms with van der Waals surface area (Å²) < 4.78 is 14.4. The maximum atomic E-state index is 14.6. The van der Waals surface area contributed by atoms with Gasteiger partial charge in [0.1, 0.15) is 17.3 Å². The molecule has 1 spiro atoms. The molecule has 202 valence electrons. The highest BCUT2D eigenvalue weighted by Gasteiger charge is 2.71. The maximum absolute atomic E-state index is 14.6. The van der Waals surface area contributed by atoms with Crippen LogP contribution in [0.15, 0.2) is 91.0 Å². The molecule has 3 atom stereocenters. The van der Waals surface area contributed by atoms with E-state index in [-0.39, 0.29) is 22.4 Å². The van der Waals surface area contributed by atoms with Crippen molar-refractivity contribution in [1.82, 2.24) is 0 Å². The predicted molar refractivity (Wildman–Crippen MR) is 158 cm³/mol. The number of benzene rings is 4. The lowest BCUT2D eigenvalue weighted by molar-refractivity contribution is 0.0666. The number of ketones is 3. The van der Waals surface area contributed by atoms with Crippen LogP contribution < -0.4 is 4.90 Å². The summed E-state index contributed by atoms with van der Waals surface area (Å²) in [7, 11) is 0. The quantitative estimate of drug-likeness (QED) is 0.183. The molecular weight excluding hydrogens is 560 g/mol. The summed E-state index contributed by atoms with van der Waals surface area (Å²) in [6.45, 7) is 1.93. The fourth-order valence-electron chi connectivity index (χ4n) is 6.93. The van der Waals surface area contributed by atoms with E-state index in [0.29, 0.717) is 38.5 Å². The third-order valence-electron chi connectivity index (χ3n) is 8.67. The van der Waals surface area contributed by atoms with Crippen LogP contribution in [0.1, 0.15) is 53.7 Å². The van der Waals surface area contributed by atoms with Crippen molar-refractivity contribution < 1.29 is 18.8 Å². The number of carbonyl (C=O) groups excluding carboxylic acids is 3. The maximum Gasteiger partial charge on any atom is 0.185 e. The molecule has 1 aliphatic carbocycles. The number of hydrogen-bond acceptors (Lipinski definition) is 4. The van der Waals surface area contributed by atoms with Gasteiger partial charge in [0, 0.05) is 43.9 Å². The molecule has 0 radical (unpaired) electrons. The molecule has 0 unspecified atom stereocenters. The Balaban J connectivity index is 1.56. The highest BCUT2D eigenvalue weighted by molar-refractivity contribution is 6.36. The van der Waals surface area contributed by atoms with Crippen molar-refractivity contribution in [2.75, 3.05) is 4.90 Å². The third-order valence-corrected chi connectivity index (χ3v) is 9.23. The molecule has 0 amide bonds.